The highest BCUT2D eigenvalue weighted by molar-refractivity contribution is 8.00. The third-order valence-electron chi connectivity index (χ3n) is 2.83. The lowest BCUT2D eigenvalue weighted by atomic mass is 10.1. The third kappa shape index (κ3) is 5.29. The molecule has 9 heteroatoms. The molecule has 0 radical (unpaired) electrons. The van der Waals surface area contributed by atoms with Crippen LogP contribution in [0.5, 0.6) is 0 Å². The van der Waals surface area contributed by atoms with E-state index in [4.69, 9.17) is 17.0 Å². The minimum Gasteiger partial charge on any atom is -0.465 e. The second kappa shape index (κ2) is 8.59. The lowest BCUT2D eigenvalue weighted by molar-refractivity contribution is -0.139. The van der Waals surface area contributed by atoms with Crippen LogP contribution in [-0.2, 0) is 20.7 Å². The van der Waals surface area contributed by atoms with Crippen molar-refractivity contribution in [3.05, 3.63) is 34.6 Å². The van der Waals surface area contributed by atoms with Crippen LogP contribution in [0.1, 0.15) is 12.5 Å². The normalized spacial score (nSPS) is 10.5. The summed E-state index contributed by atoms with van der Waals surface area (Å²) < 4.78 is 6.68. The maximum absolute atomic E-state index is 12.0. The molecule has 1 aromatic carbocycles. The average molecular weight is 352 g/mol. The molecule has 0 spiro atoms. The van der Waals surface area contributed by atoms with Crippen molar-refractivity contribution < 1.29 is 14.3 Å². The summed E-state index contributed by atoms with van der Waals surface area (Å²) in [4.78, 5) is 23.2. The minimum absolute atomic E-state index is 0.0442. The fourth-order valence-electron chi connectivity index (χ4n) is 1.90. The number of tetrazole rings is 1. The lowest BCUT2D eigenvalue weighted by Crippen LogP contribution is -2.11. The van der Waals surface area contributed by atoms with E-state index in [1.807, 2.05) is 24.3 Å². The molecule has 0 fully saturated rings. The average Bonchev–Trinajstić information content (AvgIpc) is 2.94. The standard InChI is InChI=1S/C14H16N4O3S2/c1-2-21-13(20)9-23-8-12(19)7-10-4-3-5-11(6-10)18-14(22)15-16-17-18/h3-6H,2,7-9H2,1H3,(H,15,17,22). The monoisotopic (exact) mass is 352 g/mol. The first kappa shape index (κ1) is 17.4. The zero-order valence-electron chi connectivity index (χ0n) is 12.5. The van der Waals surface area contributed by atoms with Gasteiger partial charge in [0.05, 0.1) is 23.8 Å². The van der Waals surface area contributed by atoms with E-state index in [0.717, 1.165) is 11.3 Å². The number of hydrogen-bond acceptors (Lipinski definition) is 7. The van der Waals surface area contributed by atoms with E-state index in [1.54, 1.807) is 11.6 Å². The highest BCUT2D eigenvalue weighted by Crippen LogP contribution is 2.12. The number of ketones is 1. The van der Waals surface area contributed by atoms with E-state index in [9.17, 15) is 9.59 Å². The maximum atomic E-state index is 12.0. The van der Waals surface area contributed by atoms with E-state index in [1.165, 1.54) is 11.8 Å². The molecule has 2 aromatic rings. The predicted octanol–water partition coefficient (Wildman–Crippen LogP) is 1.73. The van der Waals surface area contributed by atoms with Crippen LogP contribution in [0.4, 0.5) is 0 Å². The summed E-state index contributed by atoms with van der Waals surface area (Å²) >= 11 is 6.31. The number of hydrogen-bond donors (Lipinski definition) is 1. The van der Waals surface area contributed by atoms with Crippen LogP contribution >= 0.6 is 24.0 Å². The first-order chi connectivity index (χ1) is 11.1. The Morgan fingerprint density at radius 1 is 1.39 bits per heavy atom. The van der Waals surface area contributed by atoms with Crippen molar-refractivity contribution in [2.24, 2.45) is 0 Å². The second-order valence-corrected chi connectivity index (χ2v) is 5.95. The number of Topliss-reactive ketones (excluding diaryl/α,β-unsaturated/α-hetero) is 1. The number of aromatic nitrogens is 4. The molecule has 1 N–H and O–H groups in total. The molecule has 0 aliphatic rings. The van der Waals surface area contributed by atoms with Gasteiger partial charge in [-0.05, 0) is 36.8 Å². The highest BCUT2D eigenvalue weighted by Gasteiger charge is 2.08. The van der Waals surface area contributed by atoms with Crippen molar-refractivity contribution >= 4 is 35.7 Å². The molecule has 1 heterocycles. The molecule has 0 aliphatic heterocycles. The van der Waals surface area contributed by atoms with Crippen molar-refractivity contribution in [1.29, 1.82) is 0 Å². The van der Waals surface area contributed by atoms with Gasteiger partial charge in [-0.3, -0.25) is 9.59 Å². The number of nitrogens with zero attached hydrogens (tertiary/aromatic N) is 3. The number of esters is 1. The van der Waals surface area contributed by atoms with E-state index in [-0.39, 0.29) is 23.3 Å². The molecule has 122 valence electrons. The Balaban J connectivity index is 1.90. The zero-order chi connectivity index (χ0) is 16.7. The van der Waals surface area contributed by atoms with Gasteiger partial charge in [0.2, 0.25) is 4.77 Å². The van der Waals surface area contributed by atoms with Crippen LogP contribution in [0.25, 0.3) is 5.69 Å². The Kier molecular flexibility index (Phi) is 6.48. The van der Waals surface area contributed by atoms with Gasteiger partial charge in [-0.2, -0.15) is 5.21 Å². The van der Waals surface area contributed by atoms with Crippen molar-refractivity contribution in [1.82, 2.24) is 20.2 Å². The van der Waals surface area contributed by atoms with Gasteiger partial charge in [0, 0.05) is 6.42 Å². The van der Waals surface area contributed by atoms with Crippen LogP contribution in [-0.4, -0.2) is 50.1 Å². The number of H-pyrrole nitrogens is 1. The summed E-state index contributed by atoms with van der Waals surface area (Å²) in [6.07, 6.45) is 0.290. The van der Waals surface area contributed by atoms with Gasteiger partial charge in [-0.15, -0.1) is 11.8 Å². The van der Waals surface area contributed by atoms with Crippen LogP contribution in [0.3, 0.4) is 0 Å². The Morgan fingerprint density at radius 2 is 2.22 bits per heavy atom. The summed E-state index contributed by atoms with van der Waals surface area (Å²) in [6.45, 7) is 2.10. The summed E-state index contributed by atoms with van der Waals surface area (Å²) in [6, 6.07) is 7.40. The van der Waals surface area contributed by atoms with Crippen LogP contribution in [0, 0.1) is 4.77 Å². The molecule has 1 aromatic heterocycles. The van der Waals surface area contributed by atoms with E-state index >= 15 is 0 Å². The van der Waals surface area contributed by atoms with Gasteiger partial charge in [0.25, 0.3) is 0 Å². The highest BCUT2D eigenvalue weighted by atomic mass is 32.2. The molecule has 23 heavy (non-hydrogen) atoms. The molecule has 0 bridgehead atoms. The van der Waals surface area contributed by atoms with E-state index in [0.29, 0.717) is 17.8 Å². The van der Waals surface area contributed by atoms with Crippen LogP contribution in [0.15, 0.2) is 24.3 Å². The summed E-state index contributed by atoms with van der Waals surface area (Å²) in [5.41, 5.74) is 1.63. The van der Waals surface area contributed by atoms with Crippen molar-refractivity contribution in [3.63, 3.8) is 0 Å². The second-order valence-electron chi connectivity index (χ2n) is 4.60. The molecule has 0 saturated carbocycles. The molecular weight excluding hydrogens is 336 g/mol. The molecule has 0 amide bonds. The predicted molar refractivity (Wildman–Crippen MR) is 89.2 cm³/mol. The van der Waals surface area contributed by atoms with Gasteiger partial charge in [0.15, 0.2) is 0 Å². The molecule has 0 unspecified atom stereocenters. The zero-order valence-corrected chi connectivity index (χ0v) is 14.2. The number of thioether (sulfide) groups is 1. The molecule has 0 saturated heterocycles. The molecular formula is C14H16N4O3S2. The number of carbonyl (C=O) groups excluding carboxylic acids is 2. The van der Waals surface area contributed by atoms with Crippen LogP contribution in [0.2, 0.25) is 0 Å². The van der Waals surface area contributed by atoms with Gasteiger partial charge >= 0.3 is 5.97 Å². The van der Waals surface area contributed by atoms with E-state index < -0.39 is 0 Å². The summed E-state index contributed by atoms with van der Waals surface area (Å²) in [7, 11) is 0. The Labute approximate surface area is 142 Å². The molecule has 7 nitrogen and oxygen atoms in total. The Bertz CT molecular complexity index is 741. The first-order valence-electron chi connectivity index (χ1n) is 6.94. The largest absolute Gasteiger partial charge is 0.465 e. The third-order valence-corrected chi connectivity index (χ3v) is 4.06. The molecule has 2 rings (SSSR count). The fourth-order valence-corrected chi connectivity index (χ4v) is 2.77. The molecule has 0 atom stereocenters. The topological polar surface area (TPSA) is 89.9 Å². The first-order valence-corrected chi connectivity index (χ1v) is 8.51. The summed E-state index contributed by atoms with van der Waals surface area (Å²) in [5.74, 6) is 0.207. The van der Waals surface area contributed by atoms with Gasteiger partial charge < -0.3 is 4.74 Å². The van der Waals surface area contributed by atoms with Crippen molar-refractivity contribution in [2.75, 3.05) is 18.1 Å². The Morgan fingerprint density at radius 3 is 2.91 bits per heavy atom. The maximum Gasteiger partial charge on any atom is 0.315 e. The van der Waals surface area contributed by atoms with Crippen molar-refractivity contribution in [3.8, 4) is 5.69 Å². The minimum atomic E-state index is -0.298. The van der Waals surface area contributed by atoms with Gasteiger partial charge in [0.1, 0.15) is 5.78 Å². The SMILES string of the molecule is CCOC(=O)CSCC(=O)Cc1cccc(-n2[nH]nnc2=S)c1. The molecule has 0 aliphatic carbocycles. The van der Waals surface area contributed by atoms with Crippen LogP contribution < -0.4 is 0 Å². The van der Waals surface area contributed by atoms with Gasteiger partial charge in [-0.25, -0.2) is 4.68 Å². The van der Waals surface area contributed by atoms with E-state index in [2.05, 4.69) is 15.5 Å². The van der Waals surface area contributed by atoms with Crippen molar-refractivity contribution in [2.45, 2.75) is 13.3 Å². The number of nitrogens with one attached hydrogen (secondary N) is 1. The smallest absolute Gasteiger partial charge is 0.315 e. The number of ether oxygens (including phenoxy) is 1. The number of aromatic amines is 1. The van der Waals surface area contributed by atoms with Gasteiger partial charge in [-0.1, -0.05) is 22.4 Å². The number of benzene rings is 1. The summed E-state index contributed by atoms with van der Waals surface area (Å²) in [5, 5.41) is 10.0. The number of rotatable bonds is 8. The number of carbonyl (C=O) groups is 2. The fraction of sp³-hybridized carbons (Fsp3) is 0.357. The lowest BCUT2D eigenvalue weighted by Gasteiger charge is -2.05. The Hall–Kier alpha value is -2.00. The quantitative estimate of drug-likeness (QED) is 0.571.